The first kappa shape index (κ1) is 12.2. The average molecular weight is 244 g/mol. The van der Waals surface area contributed by atoms with Crippen LogP contribution in [0.25, 0.3) is 0 Å². The van der Waals surface area contributed by atoms with E-state index in [9.17, 15) is 0 Å². The normalized spacial score (nSPS) is 30.2. The van der Waals surface area contributed by atoms with Gasteiger partial charge in [-0.2, -0.15) is 0 Å². The van der Waals surface area contributed by atoms with Gasteiger partial charge in [-0.3, -0.25) is 4.90 Å². The van der Waals surface area contributed by atoms with E-state index in [4.69, 9.17) is 0 Å². The third-order valence-electron chi connectivity index (χ3n) is 4.47. The van der Waals surface area contributed by atoms with Gasteiger partial charge in [0.2, 0.25) is 0 Å². The number of benzene rings is 1. The topological polar surface area (TPSA) is 15.3 Å². The lowest BCUT2D eigenvalue weighted by Crippen LogP contribution is -2.40. The van der Waals surface area contributed by atoms with Gasteiger partial charge in [-0.05, 0) is 44.3 Å². The molecule has 0 radical (unpaired) electrons. The Morgan fingerprint density at radius 3 is 2.78 bits per heavy atom. The Bertz CT molecular complexity index is 355. The highest BCUT2D eigenvalue weighted by molar-refractivity contribution is 5.20. The first-order valence-electron chi connectivity index (χ1n) is 7.46. The molecule has 2 aliphatic heterocycles. The Labute approximate surface area is 110 Å². The summed E-state index contributed by atoms with van der Waals surface area (Å²) in [6.45, 7) is 3.68. The maximum Gasteiger partial charge on any atom is 0.0352 e. The van der Waals surface area contributed by atoms with Crippen LogP contribution < -0.4 is 5.32 Å². The molecule has 1 aromatic carbocycles. The minimum Gasteiger partial charge on any atom is -0.315 e. The molecular weight excluding hydrogens is 220 g/mol. The summed E-state index contributed by atoms with van der Waals surface area (Å²) in [6.07, 6.45) is 6.79. The van der Waals surface area contributed by atoms with E-state index in [1.807, 2.05) is 0 Å². The van der Waals surface area contributed by atoms with Crippen molar-refractivity contribution in [1.29, 1.82) is 0 Å². The van der Waals surface area contributed by atoms with Crippen molar-refractivity contribution in [3.63, 3.8) is 0 Å². The number of nitrogens with zero attached hydrogens (tertiary/aromatic N) is 1. The molecule has 2 saturated heterocycles. The lowest BCUT2D eigenvalue weighted by molar-refractivity contribution is 0.172. The van der Waals surface area contributed by atoms with Crippen molar-refractivity contribution in [1.82, 2.24) is 10.2 Å². The summed E-state index contributed by atoms with van der Waals surface area (Å²) in [4.78, 5) is 2.76. The second-order valence-corrected chi connectivity index (χ2v) is 5.66. The molecule has 2 heterocycles. The molecule has 2 unspecified atom stereocenters. The Morgan fingerprint density at radius 1 is 1.00 bits per heavy atom. The second kappa shape index (κ2) is 5.85. The molecule has 2 atom stereocenters. The Balaban J connectivity index is 1.74. The van der Waals surface area contributed by atoms with Gasteiger partial charge in [0, 0.05) is 18.6 Å². The number of rotatable bonds is 2. The SMILES string of the molecule is c1ccc(C2CCCN2C2CCCCNC2)cc1. The Kier molecular flexibility index (Phi) is 3.96. The van der Waals surface area contributed by atoms with Gasteiger partial charge in [-0.1, -0.05) is 36.8 Å². The van der Waals surface area contributed by atoms with Crippen LogP contribution in [-0.4, -0.2) is 30.6 Å². The van der Waals surface area contributed by atoms with Gasteiger partial charge >= 0.3 is 0 Å². The number of hydrogen-bond donors (Lipinski definition) is 1. The number of hydrogen-bond acceptors (Lipinski definition) is 2. The first-order chi connectivity index (χ1) is 8.95. The predicted octanol–water partition coefficient (Wildman–Crippen LogP) is 2.97. The van der Waals surface area contributed by atoms with Gasteiger partial charge in [0.25, 0.3) is 0 Å². The highest BCUT2D eigenvalue weighted by Crippen LogP contribution is 2.34. The zero-order valence-electron chi connectivity index (χ0n) is 11.1. The largest absolute Gasteiger partial charge is 0.315 e. The summed E-state index contributed by atoms with van der Waals surface area (Å²) < 4.78 is 0. The van der Waals surface area contributed by atoms with Crippen LogP contribution in [0.2, 0.25) is 0 Å². The van der Waals surface area contributed by atoms with E-state index >= 15 is 0 Å². The molecule has 0 bridgehead atoms. The molecule has 3 rings (SSSR count). The minimum absolute atomic E-state index is 0.663. The fourth-order valence-electron chi connectivity index (χ4n) is 3.54. The van der Waals surface area contributed by atoms with E-state index in [1.165, 1.54) is 57.3 Å². The lowest BCUT2D eigenvalue weighted by atomic mass is 10.0. The van der Waals surface area contributed by atoms with Crippen molar-refractivity contribution in [2.24, 2.45) is 0 Å². The lowest BCUT2D eigenvalue weighted by Gasteiger charge is -2.32. The van der Waals surface area contributed by atoms with Crippen LogP contribution in [0.5, 0.6) is 0 Å². The van der Waals surface area contributed by atoms with Crippen LogP contribution >= 0.6 is 0 Å². The van der Waals surface area contributed by atoms with Crippen molar-refractivity contribution >= 4 is 0 Å². The molecule has 0 aliphatic carbocycles. The quantitative estimate of drug-likeness (QED) is 0.860. The summed E-state index contributed by atoms with van der Waals surface area (Å²) in [7, 11) is 0. The fourth-order valence-corrected chi connectivity index (χ4v) is 3.54. The standard InChI is InChI=1S/C16H24N2/c1-2-7-14(8-3-1)16-10-6-12-18(16)15-9-4-5-11-17-13-15/h1-3,7-8,15-17H,4-6,9-13H2. The average Bonchev–Trinajstić information content (AvgIpc) is 2.75. The van der Waals surface area contributed by atoms with E-state index in [2.05, 4.69) is 40.5 Å². The molecule has 2 fully saturated rings. The molecule has 18 heavy (non-hydrogen) atoms. The van der Waals surface area contributed by atoms with Gasteiger partial charge < -0.3 is 5.32 Å². The molecule has 1 aromatic rings. The molecule has 2 nitrogen and oxygen atoms in total. The molecule has 1 N–H and O–H groups in total. The maximum absolute atomic E-state index is 3.60. The third kappa shape index (κ3) is 2.60. The van der Waals surface area contributed by atoms with Crippen LogP contribution in [0.3, 0.4) is 0 Å². The van der Waals surface area contributed by atoms with Crippen molar-refractivity contribution in [3.05, 3.63) is 35.9 Å². The second-order valence-electron chi connectivity index (χ2n) is 5.66. The van der Waals surface area contributed by atoms with Crippen LogP contribution in [0.15, 0.2) is 30.3 Å². The van der Waals surface area contributed by atoms with Crippen molar-refractivity contribution in [2.45, 2.75) is 44.2 Å². The summed E-state index contributed by atoms with van der Waals surface area (Å²) in [5, 5.41) is 3.60. The van der Waals surface area contributed by atoms with Gasteiger partial charge in [-0.15, -0.1) is 0 Å². The molecule has 0 aromatic heterocycles. The van der Waals surface area contributed by atoms with E-state index in [1.54, 1.807) is 0 Å². The molecule has 2 heteroatoms. The molecule has 98 valence electrons. The Hall–Kier alpha value is -0.860. The predicted molar refractivity (Wildman–Crippen MR) is 75.6 cm³/mol. The van der Waals surface area contributed by atoms with Crippen LogP contribution in [0, 0.1) is 0 Å². The van der Waals surface area contributed by atoms with E-state index in [-0.39, 0.29) is 0 Å². The number of likely N-dealkylation sites (tertiary alicyclic amines) is 1. The third-order valence-corrected chi connectivity index (χ3v) is 4.47. The maximum atomic E-state index is 3.60. The van der Waals surface area contributed by atoms with Crippen molar-refractivity contribution in [3.8, 4) is 0 Å². The van der Waals surface area contributed by atoms with Gasteiger partial charge in [0.15, 0.2) is 0 Å². The molecule has 0 saturated carbocycles. The first-order valence-corrected chi connectivity index (χ1v) is 7.46. The zero-order chi connectivity index (χ0) is 12.2. The number of nitrogens with one attached hydrogen (secondary N) is 1. The molecule has 0 spiro atoms. The van der Waals surface area contributed by atoms with E-state index < -0.39 is 0 Å². The smallest absolute Gasteiger partial charge is 0.0352 e. The monoisotopic (exact) mass is 244 g/mol. The molecule has 0 amide bonds. The summed E-state index contributed by atoms with van der Waals surface area (Å²) in [6, 6.07) is 12.5. The van der Waals surface area contributed by atoms with Gasteiger partial charge in [-0.25, -0.2) is 0 Å². The fraction of sp³-hybridized carbons (Fsp3) is 0.625. The highest BCUT2D eigenvalue weighted by Gasteiger charge is 2.31. The molecular formula is C16H24N2. The van der Waals surface area contributed by atoms with Gasteiger partial charge in [0.1, 0.15) is 0 Å². The highest BCUT2D eigenvalue weighted by atomic mass is 15.2. The van der Waals surface area contributed by atoms with Gasteiger partial charge in [0.05, 0.1) is 0 Å². The van der Waals surface area contributed by atoms with E-state index in [0.29, 0.717) is 6.04 Å². The van der Waals surface area contributed by atoms with Crippen molar-refractivity contribution < 1.29 is 0 Å². The van der Waals surface area contributed by atoms with Crippen molar-refractivity contribution in [2.75, 3.05) is 19.6 Å². The minimum atomic E-state index is 0.663. The van der Waals surface area contributed by atoms with Crippen LogP contribution in [0.4, 0.5) is 0 Å². The van der Waals surface area contributed by atoms with E-state index in [0.717, 1.165) is 6.04 Å². The Morgan fingerprint density at radius 2 is 1.89 bits per heavy atom. The summed E-state index contributed by atoms with van der Waals surface area (Å²) >= 11 is 0. The van der Waals surface area contributed by atoms with Crippen LogP contribution in [-0.2, 0) is 0 Å². The summed E-state index contributed by atoms with van der Waals surface area (Å²) in [5.74, 6) is 0. The zero-order valence-corrected chi connectivity index (χ0v) is 11.1. The van der Waals surface area contributed by atoms with Crippen LogP contribution in [0.1, 0.15) is 43.7 Å². The summed E-state index contributed by atoms with van der Waals surface area (Å²) in [5.41, 5.74) is 1.51. The molecule has 2 aliphatic rings.